The first-order chi connectivity index (χ1) is 8.33. The summed E-state index contributed by atoms with van der Waals surface area (Å²) in [5, 5.41) is 4.68. The molecule has 3 nitrogen and oxygen atoms in total. The summed E-state index contributed by atoms with van der Waals surface area (Å²) in [6.45, 7) is 5.45. The molecular weight excluding hydrogens is 210 g/mol. The summed E-state index contributed by atoms with van der Waals surface area (Å²) in [6.07, 6.45) is 1.84. The number of hydrogen-bond acceptors (Lipinski definition) is 3. The van der Waals surface area contributed by atoms with Crippen LogP contribution in [0.4, 0.5) is 5.69 Å². The fraction of sp³-hybridized carbons (Fsp3) is 0.357. The molecule has 0 amide bonds. The summed E-state index contributed by atoms with van der Waals surface area (Å²) < 4.78 is 0. The molecule has 0 bridgehead atoms. The predicted octanol–water partition coefficient (Wildman–Crippen LogP) is 2.03. The van der Waals surface area contributed by atoms with Gasteiger partial charge in [0.25, 0.3) is 0 Å². The summed E-state index contributed by atoms with van der Waals surface area (Å²) in [6, 6.07) is 11.2. The van der Waals surface area contributed by atoms with Crippen LogP contribution in [0.15, 0.2) is 36.5 Å². The van der Waals surface area contributed by atoms with Crippen molar-refractivity contribution < 1.29 is 0 Å². The van der Waals surface area contributed by atoms with Gasteiger partial charge in [-0.05, 0) is 31.2 Å². The van der Waals surface area contributed by atoms with E-state index < -0.39 is 0 Å². The smallest absolute Gasteiger partial charge is 0.0703 e. The van der Waals surface area contributed by atoms with Crippen LogP contribution >= 0.6 is 0 Å². The van der Waals surface area contributed by atoms with E-state index in [0.717, 1.165) is 25.2 Å². The zero-order valence-corrected chi connectivity index (χ0v) is 10.1. The molecule has 1 N–H and O–H groups in total. The van der Waals surface area contributed by atoms with Crippen molar-refractivity contribution in [3.05, 3.63) is 36.5 Å². The first kappa shape index (κ1) is 10.5. The zero-order chi connectivity index (χ0) is 11.7. The number of nitrogens with one attached hydrogen (secondary N) is 1. The monoisotopic (exact) mass is 227 g/mol. The van der Waals surface area contributed by atoms with Crippen LogP contribution in [0.5, 0.6) is 0 Å². The lowest BCUT2D eigenvalue weighted by Crippen LogP contribution is -2.49. The van der Waals surface area contributed by atoms with E-state index in [4.69, 9.17) is 0 Å². The first-order valence-electron chi connectivity index (χ1n) is 6.16. The minimum atomic E-state index is 0.563. The highest BCUT2D eigenvalue weighted by Gasteiger charge is 2.15. The maximum Gasteiger partial charge on any atom is 0.0703 e. The fourth-order valence-corrected chi connectivity index (χ4v) is 2.43. The number of fused-ring (bicyclic) bond motifs is 1. The Labute approximate surface area is 101 Å². The van der Waals surface area contributed by atoms with Gasteiger partial charge in [-0.2, -0.15) is 0 Å². The highest BCUT2D eigenvalue weighted by Crippen LogP contribution is 2.21. The third-order valence-electron chi connectivity index (χ3n) is 3.32. The van der Waals surface area contributed by atoms with E-state index in [2.05, 4.69) is 46.4 Å². The quantitative estimate of drug-likeness (QED) is 0.808. The molecule has 17 heavy (non-hydrogen) atoms. The van der Waals surface area contributed by atoms with E-state index in [0.29, 0.717) is 6.04 Å². The van der Waals surface area contributed by atoms with Crippen molar-refractivity contribution in [2.75, 3.05) is 24.5 Å². The fourth-order valence-electron chi connectivity index (χ4n) is 2.43. The molecule has 1 aromatic heterocycles. The SMILES string of the molecule is C[C@@H]1CN(c2ccc3ncccc3c2)CCN1. The first-order valence-corrected chi connectivity index (χ1v) is 6.16. The number of aromatic nitrogens is 1. The number of benzene rings is 1. The Kier molecular flexibility index (Phi) is 2.69. The molecule has 1 saturated heterocycles. The second-order valence-corrected chi connectivity index (χ2v) is 4.68. The van der Waals surface area contributed by atoms with E-state index in [1.165, 1.54) is 11.1 Å². The summed E-state index contributed by atoms with van der Waals surface area (Å²) in [5.74, 6) is 0. The number of piperazine rings is 1. The van der Waals surface area contributed by atoms with Gasteiger partial charge in [0, 0.05) is 42.9 Å². The van der Waals surface area contributed by atoms with Crippen LogP contribution in [-0.4, -0.2) is 30.7 Å². The molecule has 1 fully saturated rings. The predicted molar refractivity (Wildman–Crippen MR) is 71.4 cm³/mol. The lowest BCUT2D eigenvalue weighted by molar-refractivity contribution is 0.485. The van der Waals surface area contributed by atoms with Crippen molar-refractivity contribution in [3.63, 3.8) is 0 Å². The van der Waals surface area contributed by atoms with Crippen molar-refractivity contribution in [1.29, 1.82) is 0 Å². The summed E-state index contributed by atoms with van der Waals surface area (Å²) in [5.41, 5.74) is 2.37. The van der Waals surface area contributed by atoms with Crippen molar-refractivity contribution in [2.45, 2.75) is 13.0 Å². The summed E-state index contributed by atoms with van der Waals surface area (Å²) in [7, 11) is 0. The lowest BCUT2D eigenvalue weighted by Gasteiger charge is -2.33. The second-order valence-electron chi connectivity index (χ2n) is 4.68. The Morgan fingerprint density at radius 3 is 3.18 bits per heavy atom. The average Bonchev–Trinajstić information content (AvgIpc) is 2.38. The summed E-state index contributed by atoms with van der Waals surface area (Å²) in [4.78, 5) is 6.79. The van der Waals surface area contributed by atoms with Gasteiger partial charge in [0.2, 0.25) is 0 Å². The Bertz CT molecular complexity index is 524. The highest BCUT2D eigenvalue weighted by atomic mass is 15.2. The van der Waals surface area contributed by atoms with Crippen LogP contribution < -0.4 is 10.2 Å². The summed E-state index contributed by atoms with van der Waals surface area (Å²) >= 11 is 0. The maximum absolute atomic E-state index is 4.35. The van der Waals surface area contributed by atoms with E-state index in [1.807, 2.05) is 12.3 Å². The standard InChI is InChI=1S/C14H17N3/c1-11-10-17(8-7-15-11)13-4-5-14-12(9-13)3-2-6-16-14/h2-6,9,11,15H,7-8,10H2,1H3/t11-/m1/s1. The van der Waals surface area contributed by atoms with Crippen LogP contribution in [0, 0.1) is 0 Å². The van der Waals surface area contributed by atoms with E-state index >= 15 is 0 Å². The number of pyridine rings is 1. The molecule has 1 aliphatic rings. The zero-order valence-electron chi connectivity index (χ0n) is 10.1. The molecule has 88 valence electrons. The third kappa shape index (κ3) is 2.11. The molecule has 3 heteroatoms. The van der Waals surface area contributed by atoms with Gasteiger partial charge in [0.15, 0.2) is 0 Å². The van der Waals surface area contributed by atoms with E-state index in [-0.39, 0.29) is 0 Å². The molecule has 1 atom stereocenters. The lowest BCUT2D eigenvalue weighted by atomic mass is 10.1. The number of anilines is 1. The molecule has 0 aliphatic carbocycles. The van der Waals surface area contributed by atoms with Gasteiger partial charge < -0.3 is 10.2 Å². The highest BCUT2D eigenvalue weighted by molar-refractivity contribution is 5.82. The van der Waals surface area contributed by atoms with E-state index in [1.54, 1.807) is 0 Å². The molecule has 2 aromatic rings. The second kappa shape index (κ2) is 4.34. The number of rotatable bonds is 1. The molecule has 1 aromatic carbocycles. The van der Waals surface area contributed by atoms with Crippen LogP contribution in [0.2, 0.25) is 0 Å². The molecule has 3 rings (SSSR count). The van der Waals surface area contributed by atoms with Gasteiger partial charge in [-0.1, -0.05) is 6.07 Å². The third-order valence-corrected chi connectivity index (χ3v) is 3.32. The van der Waals surface area contributed by atoms with Gasteiger partial charge in [-0.25, -0.2) is 0 Å². The van der Waals surface area contributed by atoms with Crippen LogP contribution in [-0.2, 0) is 0 Å². The van der Waals surface area contributed by atoms with Crippen LogP contribution in [0.25, 0.3) is 10.9 Å². The maximum atomic E-state index is 4.35. The van der Waals surface area contributed by atoms with Crippen molar-refractivity contribution in [3.8, 4) is 0 Å². The van der Waals surface area contributed by atoms with Gasteiger partial charge in [-0.15, -0.1) is 0 Å². The van der Waals surface area contributed by atoms with Crippen molar-refractivity contribution in [1.82, 2.24) is 10.3 Å². The Morgan fingerprint density at radius 1 is 1.35 bits per heavy atom. The minimum absolute atomic E-state index is 0.563. The van der Waals surface area contributed by atoms with Gasteiger partial charge in [0.1, 0.15) is 0 Å². The molecular formula is C14H17N3. The van der Waals surface area contributed by atoms with E-state index in [9.17, 15) is 0 Å². The van der Waals surface area contributed by atoms with Gasteiger partial charge in [0.05, 0.1) is 5.52 Å². The van der Waals surface area contributed by atoms with Crippen LogP contribution in [0.1, 0.15) is 6.92 Å². The molecule has 0 saturated carbocycles. The molecule has 0 spiro atoms. The molecule has 0 radical (unpaired) electrons. The van der Waals surface area contributed by atoms with Gasteiger partial charge in [-0.3, -0.25) is 4.98 Å². The van der Waals surface area contributed by atoms with Crippen LogP contribution in [0.3, 0.4) is 0 Å². The minimum Gasteiger partial charge on any atom is -0.369 e. The normalized spacial score (nSPS) is 20.8. The van der Waals surface area contributed by atoms with Crippen molar-refractivity contribution >= 4 is 16.6 Å². The van der Waals surface area contributed by atoms with Crippen molar-refractivity contribution in [2.24, 2.45) is 0 Å². The molecule has 1 aliphatic heterocycles. The molecule has 0 unspecified atom stereocenters. The average molecular weight is 227 g/mol. The van der Waals surface area contributed by atoms with Gasteiger partial charge >= 0.3 is 0 Å². The number of hydrogen-bond donors (Lipinski definition) is 1. The Hall–Kier alpha value is -1.61. The largest absolute Gasteiger partial charge is 0.369 e. The Balaban J connectivity index is 1.94. The topological polar surface area (TPSA) is 28.2 Å². The number of nitrogens with zero attached hydrogens (tertiary/aromatic N) is 2. The Morgan fingerprint density at radius 2 is 2.29 bits per heavy atom. The molecule has 2 heterocycles.